The fraction of sp³-hybridized carbons (Fsp3) is 0.0137. The summed E-state index contributed by atoms with van der Waals surface area (Å²) in [5.41, 5.74) is 15.9. The van der Waals surface area contributed by atoms with E-state index in [2.05, 4.69) is 275 Å². The van der Waals surface area contributed by atoms with Crippen LogP contribution < -0.4 is 0 Å². The molecule has 0 spiro atoms. The van der Waals surface area contributed by atoms with Crippen molar-refractivity contribution in [1.82, 2.24) is 23.9 Å². The molecule has 0 aliphatic carbocycles. The smallest absolute Gasteiger partial charge is 0.149 e. The summed E-state index contributed by atoms with van der Waals surface area (Å²) < 4.78 is 4.65. The first kappa shape index (κ1) is 45.8. The van der Waals surface area contributed by atoms with Crippen molar-refractivity contribution >= 4 is 72.0 Å². The number of aromatic nitrogens is 5. The summed E-state index contributed by atoms with van der Waals surface area (Å²) >= 11 is 0. The molecule has 0 amide bonds. The van der Waals surface area contributed by atoms with E-state index in [0.29, 0.717) is 6.54 Å². The normalized spacial score (nSPS) is 11.6. The van der Waals surface area contributed by atoms with Gasteiger partial charge in [0.25, 0.3) is 0 Å². The van der Waals surface area contributed by atoms with E-state index in [4.69, 9.17) is 15.0 Å². The zero-order valence-electron chi connectivity index (χ0n) is 43.0. The molecule has 0 N–H and O–H groups in total. The fourth-order valence-corrected chi connectivity index (χ4v) is 11.6. The highest BCUT2D eigenvalue weighted by Crippen LogP contribution is 2.43. The second-order valence-corrected chi connectivity index (χ2v) is 20.3. The summed E-state index contributed by atoms with van der Waals surface area (Å²) in [6.45, 7) is 4.55. The van der Waals surface area contributed by atoms with Gasteiger partial charge in [0.15, 0.2) is 0 Å². The van der Waals surface area contributed by atoms with Gasteiger partial charge < -0.3 is 4.57 Å². The molecule has 0 aliphatic rings. The lowest BCUT2D eigenvalue weighted by molar-refractivity contribution is 0.815. The molecule has 0 saturated carbocycles. The van der Waals surface area contributed by atoms with Gasteiger partial charge in [0, 0.05) is 45.3 Å². The summed E-state index contributed by atoms with van der Waals surface area (Å²) in [5.74, 6) is 1.66. The summed E-state index contributed by atoms with van der Waals surface area (Å²) in [4.78, 5) is 21.1. The van der Waals surface area contributed by atoms with Crippen molar-refractivity contribution in [3.05, 3.63) is 272 Å². The van der Waals surface area contributed by atoms with E-state index in [-0.39, 0.29) is 0 Å². The zero-order chi connectivity index (χ0) is 52.4. The zero-order valence-corrected chi connectivity index (χ0v) is 43.0. The van der Waals surface area contributed by atoms with Crippen LogP contribution in [0.15, 0.2) is 272 Å². The Kier molecular flexibility index (Phi) is 11.0. The van der Waals surface area contributed by atoms with Crippen molar-refractivity contribution in [3.8, 4) is 78.9 Å². The number of fused-ring (bicyclic) bond motifs is 7. The molecule has 3 aromatic heterocycles. The quantitative estimate of drug-likeness (QED) is 0.128. The Labute approximate surface area is 456 Å². The lowest BCUT2D eigenvalue weighted by Gasteiger charge is -2.16. The lowest BCUT2D eigenvalue weighted by atomic mass is 9.99. The van der Waals surface area contributed by atoms with Crippen molar-refractivity contribution in [2.45, 2.75) is 6.54 Å². The van der Waals surface area contributed by atoms with Crippen LogP contribution in [0.5, 0.6) is 0 Å². The van der Waals surface area contributed by atoms with E-state index < -0.39 is 0 Å². The van der Waals surface area contributed by atoms with Crippen molar-refractivity contribution < 1.29 is 0 Å². The molecule has 15 rings (SSSR count). The van der Waals surface area contributed by atoms with Crippen molar-refractivity contribution in [2.24, 2.45) is 4.99 Å². The van der Waals surface area contributed by atoms with Gasteiger partial charge in [0.1, 0.15) is 17.3 Å². The third-order valence-corrected chi connectivity index (χ3v) is 15.6. The van der Waals surface area contributed by atoms with Crippen molar-refractivity contribution in [2.75, 3.05) is 0 Å². The molecular weight excluding hydrogens is 961 g/mol. The Morgan fingerprint density at radius 2 is 0.772 bits per heavy atom. The van der Waals surface area contributed by atoms with Gasteiger partial charge in [-0.25, -0.2) is 15.0 Å². The third kappa shape index (κ3) is 8.05. The minimum Gasteiger partial charge on any atom is -0.319 e. The van der Waals surface area contributed by atoms with Gasteiger partial charge in [-0.2, -0.15) is 0 Å². The average Bonchev–Trinajstić information content (AvgIpc) is 4.30. The Balaban J connectivity index is 0.844. The predicted molar refractivity (Wildman–Crippen MR) is 329 cm³/mol. The van der Waals surface area contributed by atoms with E-state index in [9.17, 15) is 0 Å². The first-order chi connectivity index (χ1) is 39.1. The van der Waals surface area contributed by atoms with Crippen LogP contribution >= 0.6 is 0 Å². The van der Waals surface area contributed by atoms with E-state index in [1.165, 1.54) is 37.7 Å². The molecule has 370 valence electrons. The van der Waals surface area contributed by atoms with Crippen LogP contribution in [0.4, 0.5) is 5.69 Å². The topological polar surface area (TPSA) is 60.4 Å². The maximum atomic E-state index is 5.58. The number of aliphatic imine (C=N–C) groups is 1. The first-order valence-electron chi connectivity index (χ1n) is 26.7. The highest BCUT2D eigenvalue weighted by molar-refractivity contribution is 6.00. The van der Waals surface area contributed by atoms with Gasteiger partial charge in [-0.1, -0.05) is 218 Å². The Morgan fingerprint density at radius 1 is 0.342 bits per heavy atom. The van der Waals surface area contributed by atoms with Crippen LogP contribution in [0.25, 0.3) is 139 Å². The largest absolute Gasteiger partial charge is 0.319 e. The number of nitrogens with zero attached hydrogens (tertiary/aromatic N) is 6. The minimum absolute atomic E-state index is 0.568. The molecule has 6 nitrogen and oxygen atoms in total. The van der Waals surface area contributed by atoms with Crippen LogP contribution in [-0.2, 0) is 6.54 Å². The Hall–Kier alpha value is -10.6. The maximum absolute atomic E-state index is 5.58. The van der Waals surface area contributed by atoms with E-state index >= 15 is 0 Å². The molecule has 0 radical (unpaired) electrons. The molecule has 0 fully saturated rings. The Morgan fingerprint density at radius 3 is 1.34 bits per heavy atom. The monoisotopic (exact) mass is 1010 g/mol. The van der Waals surface area contributed by atoms with Crippen molar-refractivity contribution in [3.63, 3.8) is 0 Å². The number of rotatable bonds is 10. The fourth-order valence-electron chi connectivity index (χ4n) is 11.6. The molecule has 0 aliphatic heterocycles. The number of hydrogen-bond donors (Lipinski definition) is 0. The molecule has 0 saturated heterocycles. The maximum Gasteiger partial charge on any atom is 0.149 e. The van der Waals surface area contributed by atoms with Gasteiger partial charge in [0.05, 0.1) is 34.0 Å². The second kappa shape index (κ2) is 18.9. The molecule has 3 heterocycles. The van der Waals surface area contributed by atoms with Gasteiger partial charge in [-0.05, 0) is 115 Å². The van der Waals surface area contributed by atoms with Crippen molar-refractivity contribution in [1.29, 1.82) is 0 Å². The average molecular weight is 1010 g/mol. The van der Waals surface area contributed by atoms with Gasteiger partial charge in [-0.15, -0.1) is 0 Å². The summed E-state index contributed by atoms with van der Waals surface area (Å²) in [7, 11) is 0. The Bertz CT molecular complexity index is 4890. The molecule has 6 heteroatoms. The van der Waals surface area contributed by atoms with Crippen LogP contribution in [0.2, 0.25) is 0 Å². The molecule has 0 unspecified atom stereocenters. The SMILES string of the molecule is C=Nc1ccccc1-c1nc(-c2ccc3ccccc3c2)c(-c2ccc3ccccc3c2)n1Cc1ccc(-c2ccc(-c3nc4ccccc4c4nc(-c5ccc6ccccc6c5)c(-c5ccc6ccccc6c5)n34)cc2)cc1. The van der Waals surface area contributed by atoms with Crippen LogP contribution in [0, 0.1) is 0 Å². The summed E-state index contributed by atoms with van der Waals surface area (Å²) in [6.07, 6.45) is 0. The molecule has 0 atom stereocenters. The summed E-state index contributed by atoms with van der Waals surface area (Å²) in [6, 6.07) is 95.2. The standard InChI is InChI=1S/C73H48N6/c1-74-65-24-12-10-22-63(65)72-76-67(59-38-32-48-14-2-6-18-55(48)42-59)69(61-40-34-50-16-4-8-20-57(50)44-61)78(72)46-47-26-28-52(29-27-47)53-30-36-54(37-31-53)71-75-66-25-13-11-23-64(66)73-77-68(60-39-33-49-15-3-7-19-56(49)43-60)70(79(71)73)62-41-35-51-17-5-9-21-58(51)45-62/h2-45H,1,46H2. The highest BCUT2D eigenvalue weighted by Gasteiger charge is 2.25. The molecule has 15 aromatic rings. The second-order valence-electron chi connectivity index (χ2n) is 20.3. The predicted octanol–water partition coefficient (Wildman–Crippen LogP) is 18.7. The number of imidazole rings is 2. The molecule has 79 heavy (non-hydrogen) atoms. The highest BCUT2D eigenvalue weighted by atomic mass is 15.1. The van der Waals surface area contributed by atoms with Crippen LogP contribution in [0.3, 0.4) is 0 Å². The van der Waals surface area contributed by atoms with Gasteiger partial charge in [0.2, 0.25) is 0 Å². The summed E-state index contributed by atoms with van der Waals surface area (Å²) in [5, 5.41) is 10.4. The van der Waals surface area contributed by atoms with E-state index in [1.807, 2.05) is 12.1 Å². The number of hydrogen-bond acceptors (Lipinski definition) is 4. The molecule has 0 bridgehead atoms. The van der Waals surface area contributed by atoms with Gasteiger partial charge >= 0.3 is 0 Å². The minimum atomic E-state index is 0.568. The number of para-hydroxylation sites is 2. The van der Waals surface area contributed by atoms with Crippen LogP contribution in [-0.4, -0.2) is 30.6 Å². The molecular formula is C73H48N6. The first-order valence-corrected chi connectivity index (χ1v) is 26.7. The van der Waals surface area contributed by atoms with Gasteiger partial charge in [-0.3, -0.25) is 9.39 Å². The number of benzene rings is 12. The molecule has 12 aromatic carbocycles. The third-order valence-electron chi connectivity index (χ3n) is 15.6. The van der Waals surface area contributed by atoms with Crippen LogP contribution in [0.1, 0.15) is 5.56 Å². The van der Waals surface area contributed by atoms with E-state index in [1.54, 1.807) is 0 Å². The lowest BCUT2D eigenvalue weighted by Crippen LogP contribution is -2.05. The van der Waals surface area contributed by atoms with E-state index in [0.717, 1.165) is 112 Å².